The topological polar surface area (TPSA) is 36.3 Å². The molecule has 0 N–H and O–H groups in total. The van der Waals surface area contributed by atoms with Gasteiger partial charge in [-0.25, -0.2) is 0 Å². The summed E-state index contributed by atoms with van der Waals surface area (Å²) in [4.78, 5) is 0. The fraction of sp³-hybridized carbons (Fsp3) is 0.667. The maximum atomic E-state index is 12.8. The molecule has 0 aromatic carbocycles. The van der Waals surface area contributed by atoms with Crippen LogP contribution in [-0.2, 0) is 28.9 Å². The lowest BCUT2D eigenvalue weighted by atomic mass is 10.1. The van der Waals surface area contributed by atoms with Crippen LogP contribution in [0.15, 0.2) is 0 Å². The summed E-state index contributed by atoms with van der Waals surface area (Å²) in [5.74, 6) is 0. The van der Waals surface area contributed by atoms with Gasteiger partial charge in [0.1, 0.15) is 0 Å². The smallest absolute Gasteiger partial charge is 0.346 e. The molecule has 0 saturated carbocycles. The zero-order valence-electron chi connectivity index (χ0n) is 9.47. The van der Waals surface area contributed by atoms with Crippen LogP contribution in [0.4, 0.5) is 26.3 Å². The van der Waals surface area contributed by atoms with Crippen molar-refractivity contribution >= 4 is 0 Å². The molecule has 108 valence electrons. The minimum Gasteiger partial charge on any atom is -0.346 e. The van der Waals surface area contributed by atoms with Crippen LogP contribution in [0.25, 0.3) is 0 Å². The Morgan fingerprint density at radius 1 is 1.05 bits per heavy atom. The molecule has 1 aliphatic heterocycles. The van der Waals surface area contributed by atoms with Crippen LogP contribution < -0.4 is 0 Å². The average Bonchev–Trinajstić information content (AvgIpc) is 2.79. The minimum absolute atomic E-state index is 0.0752. The number of aryl methyl sites for hydroxylation is 1. The standard InChI is InChI=1S/C9H8F6N2O2/c1-17-6(9(13,14)15)4(7-18-2-3-19-7)5(16-17)8(10,11)12/h7H,2-3H2,1H3. The van der Waals surface area contributed by atoms with Gasteiger partial charge in [-0.2, -0.15) is 31.4 Å². The number of hydrogen-bond donors (Lipinski definition) is 0. The number of nitrogens with zero attached hydrogens (tertiary/aromatic N) is 2. The Morgan fingerprint density at radius 2 is 1.58 bits per heavy atom. The first-order chi connectivity index (χ1) is 8.62. The number of rotatable bonds is 1. The summed E-state index contributed by atoms with van der Waals surface area (Å²) in [7, 11) is 0.788. The fourth-order valence-corrected chi connectivity index (χ4v) is 1.83. The lowest BCUT2D eigenvalue weighted by molar-refractivity contribution is -0.152. The van der Waals surface area contributed by atoms with Crippen molar-refractivity contribution in [3.05, 3.63) is 17.0 Å². The van der Waals surface area contributed by atoms with Crippen molar-refractivity contribution in [3.8, 4) is 0 Å². The van der Waals surface area contributed by atoms with E-state index in [4.69, 9.17) is 9.47 Å². The molecule has 0 radical (unpaired) electrons. The van der Waals surface area contributed by atoms with Gasteiger partial charge in [-0.15, -0.1) is 0 Å². The SMILES string of the molecule is Cn1nc(C(F)(F)F)c(C2OCCO2)c1C(F)(F)F. The number of hydrogen-bond acceptors (Lipinski definition) is 3. The van der Waals surface area contributed by atoms with Crippen molar-refractivity contribution in [2.75, 3.05) is 13.2 Å². The van der Waals surface area contributed by atoms with Gasteiger partial charge in [-0.05, 0) is 0 Å². The highest BCUT2D eigenvalue weighted by Crippen LogP contribution is 2.43. The van der Waals surface area contributed by atoms with Crippen LogP contribution in [0.2, 0.25) is 0 Å². The van der Waals surface area contributed by atoms with Crippen LogP contribution in [0.3, 0.4) is 0 Å². The molecular weight excluding hydrogens is 282 g/mol. The highest BCUT2D eigenvalue weighted by Gasteiger charge is 2.49. The summed E-state index contributed by atoms with van der Waals surface area (Å²) in [5, 5.41) is 2.90. The van der Waals surface area contributed by atoms with E-state index in [0.717, 1.165) is 7.05 Å². The molecule has 1 fully saturated rings. The monoisotopic (exact) mass is 290 g/mol. The number of alkyl halides is 6. The Morgan fingerprint density at radius 3 is 2.00 bits per heavy atom. The molecule has 2 heterocycles. The second-order valence-electron chi connectivity index (χ2n) is 3.80. The third kappa shape index (κ3) is 2.54. The Bertz CT molecular complexity index is 472. The van der Waals surface area contributed by atoms with E-state index in [1.54, 1.807) is 0 Å². The maximum Gasteiger partial charge on any atom is 0.435 e. The predicted molar refractivity (Wildman–Crippen MR) is 47.9 cm³/mol. The van der Waals surface area contributed by atoms with Crippen molar-refractivity contribution in [2.24, 2.45) is 7.05 Å². The van der Waals surface area contributed by atoms with E-state index in [0.29, 0.717) is 0 Å². The molecule has 1 aromatic rings. The van der Waals surface area contributed by atoms with Gasteiger partial charge in [0.2, 0.25) is 0 Å². The molecule has 4 nitrogen and oxygen atoms in total. The first-order valence-electron chi connectivity index (χ1n) is 5.07. The van der Waals surface area contributed by atoms with Crippen molar-refractivity contribution in [1.82, 2.24) is 9.78 Å². The molecule has 1 aliphatic rings. The van der Waals surface area contributed by atoms with E-state index in [9.17, 15) is 26.3 Å². The summed E-state index contributed by atoms with van der Waals surface area (Å²) < 4.78 is 86.3. The van der Waals surface area contributed by atoms with Gasteiger partial charge in [0.25, 0.3) is 0 Å². The Kier molecular flexibility index (Phi) is 3.25. The van der Waals surface area contributed by atoms with Crippen LogP contribution in [0, 0.1) is 0 Å². The van der Waals surface area contributed by atoms with Crippen molar-refractivity contribution in [3.63, 3.8) is 0 Å². The molecule has 0 atom stereocenters. The lowest BCUT2D eigenvalue weighted by Gasteiger charge is -2.15. The summed E-state index contributed by atoms with van der Waals surface area (Å²) in [5.41, 5.74) is -4.29. The molecule has 2 rings (SSSR count). The van der Waals surface area contributed by atoms with Gasteiger partial charge in [0.05, 0.1) is 18.8 Å². The molecule has 1 saturated heterocycles. The zero-order chi connectivity index (χ0) is 14.4. The lowest BCUT2D eigenvalue weighted by Crippen LogP contribution is -2.17. The van der Waals surface area contributed by atoms with Gasteiger partial charge < -0.3 is 9.47 Å². The van der Waals surface area contributed by atoms with Gasteiger partial charge >= 0.3 is 12.4 Å². The Balaban J connectivity index is 2.63. The summed E-state index contributed by atoms with van der Waals surface area (Å²) in [6, 6.07) is 0. The molecule has 0 bridgehead atoms. The number of halogens is 6. The Labute approximate surface area is 102 Å². The second-order valence-corrected chi connectivity index (χ2v) is 3.80. The first-order valence-corrected chi connectivity index (χ1v) is 5.07. The molecule has 0 amide bonds. The third-order valence-corrected chi connectivity index (χ3v) is 2.48. The summed E-state index contributed by atoms with van der Waals surface area (Å²) >= 11 is 0. The van der Waals surface area contributed by atoms with Crippen LogP contribution in [0.1, 0.15) is 23.2 Å². The zero-order valence-corrected chi connectivity index (χ0v) is 9.47. The predicted octanol–water partition coefficient (Wildman–Crippen LogP) is 2.50. The van der Waals surface area contributed by atoms with E-state index in [2.05, 4.69) is 5.10 Å². The molecule has 0 spiro atoms. The first kappa shape index (κ1) is 14.1. The summed E-state index contributed by atoms with van der Waals surface area (Å²) in [6.45, 7) is -0.150. The van der Waals surface area contributed by atoms with E-state index in [-0.39, 0.29) is 17.9 Å². The highest BCUT2D eigenvalue weighted by molar-refractivity contribution is 5.32. The van der Waals surface area contributed by atoms with Crippen molar-refractivity contribution < 1.29 is 35.8 Å². The molecule has 0 unspecified atom stereocenters. The number of aromatic nitrogens is 2. The fourth-order valence-electron chi connectivity index (χ4n) is 1.83. The number of ether oxygens (including phenoxy) is 2. The summed E-state index contributed by atoms with van der Waals surface area (Å²) in [6.07, 6.45) is -11.7. The van der Waals surface area contributed by atoms with Gasteiger partial charge in [-0.1, -0.05) is 0 Å². The van der Waals surface area contributed by atoms with Gasteiger partial charge in [0, 0.05) is 7.05 Å². The highest BCUT2D eigenvalue weighted by atomic mass is 19.4. The second kappa shape index (κ2) is 4.37. The van der Waals surface area contributed by atoms with E-state index < -0.39 is 35.6 Å². The molecule has 1 aromatic heterocycles. The van der Waals surface area contributed by atoms with Gasteiger partial charge in [0.15, 0.2) is 17.7 Å². The largest absolute Gasteiger partial charge is 0.435 e. The average molecular weight is 290 g/mol. The minimum atomic E-state index is -5.02. The van der Waals surface area contributed by atoms with Crippen LogP contribution in [-0.4, -0.2) is 23.0 Å². The van der Waals surface area contributed by atoms with Crippen molar-refractivity contribution in [1.29, 1.82) is 0 Å². The van der Waals surface area contributed by atoms with E-state index in [1.165, 1.54) is 0 Å². The van der Waals surface area contributed by atoms with Crippen LogP contribution in [0.5, 0.6) is 0 Å². The molecule has 19 heavy (non-hydrogen) atoms. The van der Waals surface area contributed by atoms with Gasteiger partial charge in [-0.3, -0.25) is 4.68 Å². The van der Waals surface area contributed by atoms with Crippen LogP contribution >= 0.6 is 0 Å². The third-order valence-electron chi connectivity index (χ3n) is 2.48. The molecular formula is C9H8F6N2O2. The van der Waals surface area contributed by atoms with Crippen molar-refractivity contribution in [2.45, 2.75) is 18.6 Å². The molecule has 0 aliphatic carbocycles. The quantitative estimate of drug-likeness (QED) is 0.746. The Hall–Kier alpha value is -1.29. The van der Waals surface area contributed by atoms with E-state index >= 15 is 0 Å². The van der Waals surface area contributed by atoms with E-state index in [1.807, 2.05) is 0 Å². The normalized spacial score (nSPS) is 18.3. The molecule has 10 heteroatoms. The maximum absolute atomic E-state index is 12.8.